The van der Waals surface area contributed by atoms with Crippen molar-refractivity contribution in [1.29, 1.82) is 0 Å². The standard InChI is InChI=1S/C12H19N3O2/c1-9-6-10(14-17-9)7-12(16)15-5-3-2-4-11(15)8-13/h6,11H,2-5,7-8,13H2,1H3/t11-/m0/s1. The molecule has 0 radical (unpaired) electrons. The minimum atomic E-state index is 0.105. The SMILES string of the molecule is Cc1cc(CC(=O)N2CCCC[C@H]2CN)no1. The summed E-state index contributed by atoms with van der Waals surface area (Å²) in [5.74, 6) is 0.843. The summed E-state index contributed by atoms with van der Waals surface area (Å²) in [6.07, 6.45) is 3.56. The van der Waals surface area contributed by atoms with E-state index in [0.717, 1.165) is 31.6 Å². The predicted octanol–water partition coefficient (Wildman–Crippen LogP) is 0.865. The number of carbonyl (C=O) groups excluding carboxylic acids is 1. The molecule has 17 heavy (non-hydrogen) atoms. The Labute approximate surface area is 101 Å². The first kappa shape index (κ1) is 12.1. The number of carbonyl (C=O) groups is 1. The molecule has 5 heteroatoms. The number of likely N-dealkylation sites (tertiary alicyclic amines) is 1. The van der Waals surface area contributed by atoms with E-state index in [4.69, 9.17) is 10.3 Å². The van der Waals surface area contributed by atoms with E-state index in [1.807, 2.05) is 11.8 Å². The van der Waals surface area contributed by atoms with Crippen molar-refractivity contribution in [1.82, 2.24) is 10.1 Å². The van der Waals surface area contributed by atoms with Crippen molar-refractivity contribution in [3.63, 3.8) is 0 Å². The van der Waals surface area contributed by atoms with Gasteiger partial charge >= 0.3 is 0 Å². The Bertz CT molecular complexity index is 389. The monoisotopic (exact) mass is 237 g/mol. The lowest BCUT2D eigenvalue weighted by Crippen LogP contribution is -2.48. The molecule has 1 aliphatic heterocycles. The van der Waals surface area contributed by atoms with Gasteiger partial charge in [0.1, 0.15) is 5.76 Å². The van der Waals surface area contributed by atoms with Crippen LogP contribution in [-0.2, 0) is 11.2 Å². The molecule has 1 aromatic rings. The molecule has 5 nitrogen and oxygen atoms in total. The zero-order chi connectivity index (χ0) is 12.3. The first-order valence-electron chi connectivity index (χ1n) is 6.12. The van der Waals surface area contributed by atoms with Crippen molar-refractivity contribution in [3.05, 3.63) is 17.5 Å². The van der Waals surface area contributed by atoms with Crippen LogP contribution in [0.4, 0.5) is 0 Å². The predicted molar refractivity (Wildman–Crippen MR) is 63.4 cm³/mol. The van der Waals surface area contributed by atoms with E-state index >= 15 is 0 Å². The van der Waals surface area contributed by atoms with E-state index in [-0.39, 0.29) is 11.9 Å². The van der Waals surface area contributed by atoms with Crippen LogP contribution in [0.15, 0.2) is 10.6 Å². The molecule has 2 heterocycles. The summed E-state index contributed by atoms with van der Waals surface area (Å²) < 4.78 is 4.96. The third kappa shape index (κ3) is 2.85. The number of rotatable bonds is 3. The van der Waals surface area contributed by atoms with Gasteiger partial charge in [-0.25, -0.2) is 0 Å². The van der Waals surface area contributed by atoms with Crippen molar-refractivity contribution in [3.8, 4) is 0 Å². The molecule has 1 atom stereocenters. The molecule has 0 aromatic carbocycles. The number of piperidine rings is 1. The number of hydrogen-bond donors (Lipinski definition) is 1. The van der Waals surface area contributed by atoms with Crippen molar-refractivity contribution < 1.29 is 9.32 Å². The fourth-order valence-corrected chi connectivity index (χ4v) is 2.33. The molecular weight excluding hydrogens is 218 g/mol. The molecule has 1 saturated heterocycles. The molecule has 0 bridgehead atoms. The Morgan fingerprint density at radius 1 is 1.65 bits per heavy atom. The fraction of sp³-hybridized carbons (Fsp3) is 0.667. The molecule has 1 fully saturated rings. The molecule has 0 saturated carbocycles. The summed E-state index contributed by atoms with van der Waals surface area (Å²) in [7, 11) is 0. The second kappa shape index (κ2) is 5.31. The van der Waals surface area contributed by atoms with Gasteiger partial charge in [0.15, 0.2) is 0 Å². The molecule has 2 rings (SSSR count). The zero-order valence-electron chi connectivity index (χ0n) is 10.2. The highest BCUT2D eigenvalue weighted by molar-refractivity contribution is 5.78. The Morgan fingerprint density at radius 3 is 3.12 bits per heavy atom. The van der Waals surface area contributed by atoms with E-state index in [1.54, 1.807) is 6.07 Å². The molecule has 94 valence electrons. The van der Waals surface area contributed by atoms with Crippen LogP contribution in [0.1, 0.15) is 30.7 Å². The lowest BCUT2D eigenvalue weighted by molar-refractivity contribution is -0.134. The fourth-order valence-electron chi connectivity index (χ4n) is 2.33. The van der Waals surface area contributed by atoms with Crippen LogP contribution in [0, 0.1) is 6.92 Å². The highest BCUT2D eigenvalue weighted by Gasteiger charge is 2.25. The number of nitrogens with zero attached hydrogens (tertiary/aromatic N) is 2. The third-order valence-electron chi connectivity index (χ3n) is 3.23. The highest BCUT2D eigenvalue weighted by atomic mass is 16.5. The first-order valence-corrected chi connectivity index (χ1v) is 6.12. The molecule has 1 aliphatic rings. The van der Waals surface area contributed by atoms with Gasteiger partial charge in [0.25, 0.3) is 0 Å². The van der Waals surface area contributed by atoms with E-state index < -0.39 is 0 Å². The Balaban J connectivity index is 1.98. The lowest BCUT2D eigenvalue weighted by atomic mass is 10.0. The largest absolute Gasteiger partial charge is 0.361 e. The molecule has 0 spiro atoms. The first-order chi connectivity index (χ1) is 8.20. The van der Waals surface area contributed by atoms with Crippen LogP contribution >= 0.6 is 0 Å². The molecule has 1 aromatic heterocycles. The maximum absolute atomic E-state index is 12.1. The van der Waals surface area contributed by atoms with Crippen LogP contribution in [0.25, 0.3) is 0 Å². The normalized spacial score (nSPS) is 20.6. The van der Waals surface area contributed by atoms with Gasteiger partial charge in [-0.15, -0.1) is 0 Å². The van der Waals surface area contributed by atoms with Gasteiger partial charge in [-0.3, -0.25) is 4.79 Å². The van der Waals surface area contributed by atoms with Crippen molar-refractivity contribution >= 4 is 5.91 Å². The summed E-state index contributed by atoms with van der Waals surface area (Å²) >= 11 is 0. The van der Waals surface area contributed by atoms with Crippen molar-refractivity contribution in [2.24, 2.45) is 5.73 Å². The van der Waals surface area contributed by atoms with Crippen LogP contribution < -0.4 is 5.73 Å². The van der Waals surface area contributed by atoms with Crippen molar-refractivity contribution in [2.45, 2.75) is 38.6 Å². The Morgan fingerprint density at radius 2 is 2.47 bits per heavy atom. The van der Waals surface area contributed by atoms with Gasteiger partial charge in [0, 0.05) is 25.2 Å². The van der Waals surface area contributed by atoms with Crippen LogP contribution in [0.5, 0.6) is 0 Å². The Kier molecular flexibility index (Phi) is 3.78. The second-order valence-electron chi connectivity index (χ2n) is 4.58. The summed E-state index contributed by atoms with van der Waals surface area (Å²) in [5.41, 5.74) is 6.40. The molecule has 2 N–H and O–H groups in total. The van der Waals surface area contributed by atoms with E-state index in [2.05, 4.69) is 5.16 Å². The zero-order valence-corrected chi connectivity index (χ0v) is 10.2. The topological polar surface area (TPSA) is 72.4 Å². The van der Waals surface area contributed by atoms with Gasteiger partial charge < -0.3 is 15.2 Å². The van der Waals surface area contributed by atoms with Gasteiger partial charge in [-0.1, -0.05) is 5.16 Å². The minimum Gasteiger partial charge on any atom is -0.361 e. The van der Waals surface area contributed by atoms with E-state index in [9.17, 15) is 4.79 Å². The number of amides is 1. The van der Waals surface area contributed by atoms with Crippen LogP contribution in [0.2, 0.25) is 0 Å². The number of aryl methyl sites for hydroxylation is 1. The molecular formula is C12H19N3O2. The average molecular weight is 237 g/mol. The summed E-state index contributed by atoms with van der Waals surface area (Å²) in [6.45, 7) is 3.19. The molecule has 1 amide bonds. The number of aromatic nitrogens is 1. The lowest BCUT2D eigenvalue weighted by Gasteiger charge is -2.34. The number of nitrogens with two attached hydrogens (primary N) is 1. The smallest absolute Gasteiger partial charge is 0.229 e. The van der Waals surface area contributed by atoms with Gasteiger partial charge in [-0.05, 0) is 26.2 Å². The molecule has 0 aliphatic carbocycles. The van der Waals surface area contributed by atoms with E-state index in [1.165, 1.54) is 0 Å². The number of hydrogen-bond acceptors (Lipinski definition) is 4. The maximum atomic E-state index is 12.1. The van der Waals surface area contributed by atoms with Gasteiger partial charge in [-0.2, -0.15) is 0 Å². The summed E-state index contributed by atoms with van der Waals surface area (Å²) in [4.78, 5) is 14.0. The van der Waals surface area contributed by atoms with Crippen LogP contribution in [0.3, 0.4) is 0 Å². The average Bonchev–Trinajstić information content (AvgIpc) is 2.74. The molecule has 0 unspecified atom stereocenters. The van der Waals surface area contributed by atoms with Gasteiger partial charge in [0.2, 0.25) is 5.91 Å². The highest BCUT2D eigenvalue weighted by Crippen LogP contribution is 2.17. The summed E-state index contributed by atoms with van der Waals surface area (Å²) in [6, 6.07) is 2.00. The van der Waals surface area contributed by atoms with E-state index in [0.29, 0.717) is 18.7 Å². The third-order valence-corrected chi connectivity index (χ3v) is 3.23. The minimum absolute atomic E-state index is 0.105. The quantitative estimate of drug-likeness (QED) is 0.846. The maximum Gasteiger partial charge on any atom is 0.229 e. The van der Waals surface area contributed by atoms with Crippen LogP contribution in [-0.4, -0.2) is 35.1 Å². The van der Waals surface area contributed by atoms with Crippen molar-refractivity contribution in [2.75, 3.05) is 13.1 Å². The Hall–Kier alpha value is -1.36. The van der Waals surface area contributed by atoms with Gasteiger partial charge in [0.05, 0.1) is 12.1 Å². The summed E-state index contributed by atoms with van der Waals surface area (Å²) in [5, 5.41) is 3.85. The second-order valence-corrected chi connectivity index (χ2v) is 4.58.